The van der Waals surface area contributed by atoms with Gasteiger partial charge in [0.05, 0.1) is 0 Å². The third kappa shape index (κ3) is 3.97. The first-order valence-electron chi connectivity index (χ1n) is 9.96. The molecule has 0 N–H and O–H groups in total. The van der Waals surface area contributed by atoms with Gasteiger partial charge >= 0.3 is 5.97 Å². The maximum absolute atomic E-state index is 11.6. The van der Waals surface area contributed by atoms with E-state index in [1.54, 1.807) is 0 Å². The second kappa shape index (κ2) is 7.94. The van der Waals surface area contributed by atoms with Crippen molar-refractivity contribution in [2.24, 2.45) is 5.92 Å². The summed E-state index contributed by atoms with van der Waals surface area (Å²) in [5.41, 5.74) is 0.723. The van der Waals surface area contributed by atoms with E-state index < -0.39 is 11.2 Å². The van der Waals surface area contributed by atoms with Gasteiger partial charge in [0.1, 0.15) is 17.3 Å². The van der Waals surface area contributed by atoms with Crippen LogP contribution in [-0.2, 0) is 24.9 Å². The predicted molar refractivity (Wildman–Crippen MR) is 112 cm³/mol. The number of hydrogen-bond donors (Lipinski definition) is 0. The zero-order valence-electron chi connectivity index (χ0n) is 16.6. The van der Waals surface area contributed by atoms with E-state index in [-0.39, 0.29) is 18.0 Å². The number of rotatable bonds is 4. The summed E-state index contributed by atoms with van der Waals surface area (Å²) in [5, 5.41) is 0.706. The summed E-state index contributed by atoms with van der Waals surface area (Å²) in [6, 6.07) is 17.8. The molecule has 0 aromatic heterocycles. The summed E-state index contributed by atoms with van der Waals surface area (Å²) in [5.74, 6) is -0.0899. The highest BCUT2D eigenvalue weighted by Gasteiger charge is 2.55. The molecule has 0 amide bonds. The molecule has 1 saturated carbocycles. The Morgan fingerprint density at radius 3 is 2.59 bits per heavy atom. The van der Waals surface area contributed by atoms with Crippen molar-refractivity contribution in [1.29, 1.82) is 0 Å². The van der Waals surface area contributed by atoms with Crippen molar-refractivity contribution in [2.45, 2.75) is 50.4 Å². The van der Waals surface area contributed by atoms with Crippen molar-refractivity contribution in [3.63, 3.8) is 0 Å². The van der Waals surface area contributed by atoms with E-state index in [0.29, 0.717) is 5.02 Å². The molecule has 4 nitrogen and oxygen atoms in total. The van der Waals surface area contributed by atoms with Crippen LogP contribution in [-0.4, -0.2) is 17.7 Å². The van der Waals surface area contributed by atoms with Gasteiger partial charge in [0.25, 0.3) is 0 Å². The van der Waals surface area contributed by atoms with Gasteiger partial charge in [0.15, 0.2) is 0 Å². The van der Waals surface area contributed by atoms with Gasteiger partial charge in [-0.25, -0.2) is 9.78 Å². The molecule has 2 fully saturated rings. The highest BCUT2D eigenvalue weighted by atomic mass is 35.5. The van der Waals surface area contributed by atoms with E-state index in [9.17, 15) is 4.79 Å². The van der Waals surface area contributed by atoms with E-state index in [2.05, 4.69) is 18.2 Å². The van der Waals surface area contributed by atoms with Gasteiger partial charge in [-0.05, 0) is 55.5 Å². The molecule has 2 aromatic carbocycles. The molecule has 2 aliphatic rings. The monoisotopic (exact) mass is 412 g/mol. The van der Waals surface area contributed by atoms with Crippen molar-refractivity contribution in [2.75, 3.05) is 0 Å². The molecule has 4 rings (SSSR count). The van der Waals surface area contributed by atoms with Gasteiger partial charge in [0, 0.05) is 17.9 Å². The van der Waals surface area contributed by atoms with E-state index in [1.807, 2.05) is 55.5 Å². The lowest BCUT2D eigenvalue weighted by Crippen LogP contribution is -2.57. The Balaban J connectivity index is 1.67. The van der Waals surface area contributed by atoms with Crippen LogP contribution in [0.1, 0.15) is 44.2 Å². The van der Waals surface area contributed by atoms with E-state index in [0.717, 1.165) is 30.4 Å². The van der Waals surface area contributed by atoms with E-state index >= 15 is 0 Å². The molecular formula is C24H25ClO4. The Hall–Kier alpha value is -2.14. The summed E-state index contributed by atoms with van der Waals surface area (Å²) in [6.45, 7) is 3.36. The van der Waals surface area contributed by atoms with Crippen LogP contribution in [0.5, 0.6) is 0 Å². The first-order valence-corrected chi connectivity index (χ1v) is 10.3. The van der Waals surface area contributed by atoms with E-state index in [4.69, 9.17) is 26.1 Å². The average molecular weight is 413 g/mol. The molecule has 0 spiro atoms. The second-order valence-electron chi connectivity index (χ2n) is 8.09. The molecular weight excluding hydrogens is 388 g/mol. The van der Waals surface area contributed by atoms with Gasteiger partial charge in [-0.3, -0.25) is 4.79 Å². The third-order valence-corrected chi connectivity index (χ3v) is 6.32. The van der Waals surface area contributed by atoms with Crippen molar-refractivity contribution in [3.05, 3.63) is 76.8 Å². The van der Waals surface area contributed by atoms with Gasteiger partial charge < -0.3 is 4.74 Å². The number of ether oxygens (including phenoxy) is 1. The predicted octanol–water partition coefficient (Wildman–Crippen LogP) is 5.70. The first-order chi connectivity index (χ1) is 13.9. The first kappa shape index (κ1) is 20.1. The molecule has 1 saturated heterocycles. The number of carbonyl (C=O) groups is 1. The molecule has 2 bridgehead atoms. The highest BCUT2D eigenvalue weighted by molar-refractivity contribution is 6.30. The fourth-order valence-corrected chi connectivity index (χ4v) is 4.59. The smallest absolute Gasteiger partial charge is 0.303 e. The average Bonchev–Trinajstić information content (AvgIpc) is 2.72. The zero-order chi connectivity index (χ0) is 20.5. The molecule has 152 valence electrons. The van der Waals surface area contributed by atoms with Crippen LogP contribution in [0.2, 0.25) is 5.02 Å². The molecule has 1 aliphatic carbocycles. The molecule has 4 atom stereocenters. The topological polar surface area (TPSA) is 44.8 Å². The fraction of sp³-hybridized carbons (Fsp3) is 0.375. The lowest BCUT2D eigenvalue weighted by atomic mass is 9.67. The SMILES string of the molecule is CC(=O)OC1(C)CCC2CC1OO[C@]2(/C=C\c1ccc(Cl)cc1)c1ccccc1. The number of fused-ring (bicyclic) bond motifs is 2. The van der Waals surface area contributed by atoms with Crippen LogP contribution in [0.4, 0.5) is 0 Å². The van der Waals surface area contributed by atoms with Crippen LogP contribution in [0, 0.1) is 5.92 Å². The normalized spacial score (nSPS) is 31.6. The molecule has 1 heterocycles. The highest BCUT2D eigenvalue weighted by Crippen LogP contribution is 2.51. The molecule has 1 aliphatic heterocycles. The van der Waals surface area contributed by atoms with Crippen molar-refractivity contribution in [1.82, 2.24) is 0 Å². The standard InChI is InChI=1S/C24H25ClO4/c1-17(26)27-23(2)14-13-20-16-22(23)28-29-24(20,19-6-4-3-5-7-19)15-12-18-8-10-21(25)11-9-18/h3-12,15,20,22H,13-14,16H2,1-2H3/b15-12-/t20?,22?,23?,24-/m1/s1. The van der Waals surface area contributed by atoms with Crippen LogP contribution >= 0.6 is 11.6 Å². The summed E-state index contributed by atoms with van der Waals surface area (Å²) in [6.07, 6.45) is 6.20. The minimum atomic E-state index is -0.699. The summed E-state index contributed by atoms with van der Waals surface area (Å²) >= 11 is 6.01. The van der Waals surface area contributed by atoms with Gasteiger partial charge in [0.2, 0.25) is 0 Å². The van der Waals surface area contributed by atoms with Crippen molar-refractivity contribution >= 4 is 23.6 Å². The number of carbonyl (C=O) groups excluding carboxylic acids is 1. The molecule has 2 aromatic rings. The Morgan fingerprint density at radius 2 is 1.90 bits per heavy atom. The summed E-state index contributed by atoms with van der Waals surface area (Å²) in [7, 11) is 0. The van der Waals surface area contributed by atoms with Crippen LogP contribution in [0.3, 0.4) is 0 Å². The quantitative estimate of drug-likeness (QED) is 0.477. The number of halogens is 1. The van der Waals surface area contributed by atoms with Gasteiger partial charge in [-0.2, -0.15) is 0 Å². The zero-order valence-corrected chi connectivity index (χ0v) is 17.4. The summed E-state index contributed by atoms with van der Waals surface area (Å²) < 4.78 is 5.60. The number of benzene rings is 2. The maximum atomic E-state index is 11.6. The van der Waals surface area contributed by atoms with E-state index in [1.165, 1.54) is 6.92 Å². The Bertz CT molecular complexity index is 895. The van der Waals surface area contributed by atoms with Crippen molar-refractivity contribution < 1.29 is 19.3 Å². The fourth-order valence-electron chi connectivity index (χ4n) is 4.47. The second-order valence-corrected chi connectivity index (χ2v) is 8.53. The largest absolute Gasteiger partial charge is 0.457 e. The lowest BCUT2D eigenvalue weighted by molar-refractivity contribution is -0.443. The minimum absolute atomic E-state index is 0.204. The summed E-state index contributed by atoms with van der Waals surface area (Å²) in [4.78, 5) is 23.6. The Morgan fingerprint density at radius 1 is 1.17 bits per heavy atom. The van der Waals surface area contributed by atoms with Gasteiger partial charge in [-0.1, -0.05) is 60.1 Å². The molecule has 3 unspecified atom stereocenters. The Kier molecular flexibility index (Phi) is 5.52. The molecule has 0 radical (unpaired) electrons. The Labute approximate surface area is 176 Å². The van der Waals surface area contributed by atoms with Crippen molar-refractivity contribution in [3.8, 4) is 0 Å². The molecule has 29 heavy (non-hydrogen) atoms. The minimum Gasteiger partial charge on any atom is -0.457 e. The number of hydrogen-bond acceptors (Lipinski definition) is 4. The third-order valence-electron chi connectivity index (χ3n) is 6.07. The van der Waals surface area contributed by atoms with Crippen LogP contribution in [0.15, 0.2) is 60.7 Å². The maximum Gasteiger partial charge on any atom is 0.303 e. The van der Waals surface area contributed by atoms with Crippen LogP contribution < -0.4 is 0 Å². The van der Waals surface area contributed by atoms with Crippen LogP contribution in [0.25, 0.3) is 6.08 Å². The molecule has 5 heteroatoms. The lowest BCUT2D eigenvalue weighted by Gasteiger charge is -2.52. The van der Waals surface area contributed by atoms with Gasteiger partial charge in [-0.15, -0.1) is 0 Å². The number of esters is 1.